The van der Waals surface area contributed by atoms with Crippen LogP contribution in [0.25, 0.3) is 10.9 Å². The van der Waals surface area contributed by atoms with Crippen molar-refractivity contribution in [3.05, 3.63) is 83.3 Å². The summed E-state index contributed by atoms with van der Waals surface area (Å²) >= 11 is 0. The van der Waals surface area contributed by atoms with Crippen LogP contribution in [0, 0.1) is 0 Å². The highest BCUT2D eigenvalue weighted by molar-refractivity contribution is 7.90. The molecule has 0 bridgehead atoms. The van der Waals surface area contributed by atoms with Gasteiger partial charge >= 0.3 is 12.1 Å². The Morgan fingerprint density at radius 3 is 2.50 bits per heavy atom. The number of carboxylic acid groups (broad SMARTS) is 1. The smallest absolute Gasteiger partial charge is 0.433 e. The number of ether oxygens (including phenoxy) is 1. The van der Waals surface area contributed by atoms with Crippen LogP contribution in [0.5, 0.6) is 5.75 Å². The Kier molecular flexibility index (Phi) is 6.30. The van der Waals surface area contributed by atoms with Gasteiger partial charge in [-0.3, -0.25) is 0 Å². The van der Waals surface area contributed by atoms with Crippen LogP contribution in [0.2, 0.25) is 0 Å². The Bertz CT molecular complexity index is 1650. The molecule has 0 aliphatic carbocycles. The van der Waals surface area contributed by atoms with Gasteiger partial charge in [-0.25, -0.2) is 22.2 Å². The van der Waals surface area contributed by atoms with Crippen LogP contribution in [0.15, 0.2) is 65.7 Å². The maximum atomic E-state index is 13.9. The number of aromatic carboxylic acids is 1. The lowest BCUT2D eigenvalue weighted by Gasteiger charge is -2.28. The van der Waals surface area contributed by atoms with E-state index in [9.17, 15) is 26.4 Å². The maximum absolute atomic E-state index is 13.9. The van der Waals surface area contributed by atoms with E-state index in [2.05, 4.69) is 4.98 Å². The minimum absolute atomic E-state index is 0.0246. The van der Waals surface area contributed by atoms with Crippen LogP contribution >= 0.6 is 0 Å². The number of fused-ring (bicyclic) bond motifs is 2. The van der Waals surface area contributed by atoms with Crippen molar-refractivity contribution in [1.29, 1.82) is 0 Å². The molecule has 0 saturated heterocycles. The molecule has 8 nitrogen and oxygen atoms in total. The Hall–Kier alpha value is -4.06. The van der Waals surface area contributed by atoms with E-state index in [1.54, 1.807) is 18.2 Å². The van der Waals surface area contributed by atoms with E-state index in [1.165, 1.54) is 30.3 Å². The number of likely N-dealkylation sites (N-methyl/N-ethyl adjacent to an activating group) is 1. The molecule has 0 amide bonds. The zero-order valence-electron chi connectivity index (χ0n) is 20.1. The zero-order chi connectivity index (χ0) is 27.2. The molecular weight excluding hydrogens is 523 g/mol. The predicted octanol–water partition coefficient (Wildman–Crippen LogP) is 4.60. The third-order valence-corrected chi connectivity index (χ3v) is 8.20. The Morgan fingerprint density at radius 1 is 1.08 bits per heavy atom. The molecule has 3 heterocycles. The summed E-state index contributed by atoms with van der Waals surface area (Å²) in [6.45, 7) is 1.03. The fraction of sp³-hybridized carbons (Fsp3) is 0.231. The number of carbonyl (C=O) groups is 1. The van der Waals surface area contributed by atoms with E-state index < -0.39 is 27.9 Å². The summed E-state index contributed by atoms with van der Waals surface area (Å²) in [5, 5.41) is 9.19. The number of nitrogens with zero attached hydrogens (tertiary/aromatic N) is 3. The summed E-state index contributed by atoms with van der Waals surface area (Å²) < 4.78 is 74.5. The molecule has 0 spiro atoms. The molecule has 4 aromatic rings. The number of benzene rings is 2. The van der Waals surface area contributed by atoms with Gasteiger partial charge in [0.2, 0.25) is 0 Å². The number of carboxylic acids is 1. The van der Waals surface area contributed by atoms with Gasteiger partial charge in [-0.2, -0.15) is 13.2 Å². The lowest BCUT2D eigenvalue weighted by molar-refractivity contribution is -0.141. The standard InChI is InChI=1S/C26H22F3N3O5S/c1-31-10-11-37-23-9-8-20(14-21(23)31)38(35,36)32-19(7-4-16-2-5-17(6-3-16)25(33)34)12-18-13-24(26(27,28)29)30-15-22(18)32/h2-3,5-6,8-9,12-15H,4,7,10-11H2,1H3,(H,33,34). The van der Waals surface area contributed by atoms with Crippen LogP contribution in [-0.2, 0) is 29.0 Å². The van der Waals surface area contributed by atoms with Crippen molar-refractivity contribution >= 4 is 32.6 Å². The SMILES string of the molecule is CN1CCOc2ccc(S(=O)(=O)n3c(CCc4ccc(C(=O)O)cc4)cc4cc(C(F)(F)F)ncc43)cc21. The molecule has 1 aliphatic rings. The molecule has 0 fully saturated rings. The Labute approximate surface area is 216 Å². The van der Waals surface area contributed by atoms with E-state index in [1.807, 2.05) is 11.9 Å². The van der Waals surface area contributed by atoms with Crippen LogP contribution in [0.1, 0.15) is 27.3 Å². The van der Waals surface area contributed by atoms with E-state index >= 15 is 0 Å². The van der Waals surface area contributed by atoms with E-state index in [0.29, 0.717) is 31.0 Å². The highest BCUT2D eigenvalue weighted by atomic mass is 32.2. The second-order valence-corrected chi connectivity index (χ2v) is 10.7. The van der Waals surface area contributed by atoms with Crippen LogP contribution in [-0.4, -0.2) is 48.6 Å². The van der Waals surface area contributed by atoms with Crippen molar-refractivity contribution in [1.82, 2.24) is 8.96 Å². The van der Waals surface area contributed by atoms with Crippen LogP contribution < -0.4 is 9.64 Å². The third-order valence-electron chi connectivity index (χ3n) is 6.44. The van der Waals surface area contributed by atoms with Gasteiger partial charge in [0.25, 0.3) is 10.0 Å². The third kappa shape index (κ3) is 4.67. The van der Waals surface area contributed by atoms with Crippen molar-refractivity contribution in [3.63, 3.8) is 0 Å². The molecule has 0 radical (unpaired) electrons. The van der Waals surface area contributed by atoms with Gasteiger partial charge in [0.05, 0.1) is 34.4 Å². The second-order valence-electron chi connectivity index (χ2n) is 8.93. The summed E-state index contributed by atoms with van der Waals surface area (Å²) in [6, 6.07) is 12.8. The maximum Gasteiger partial charge on any atom is 0.433 e. The molecule has 2 aromatic carbocycles. The average molecular weight is 546 g/mol. The quantitative estimate of drug-likeness (QED) is 0.378. The van der Waals surface area contributed by atoms with Gasteiger partial charge in [-0.15, -0.1) is 0 Å². The van der Waals surface area contributed by atoms with E-state index in [-0.39, 0.29) is 33.5 Å². The lowest BCUT2D eigenvalue weighted by atomic mass is 10.1. The van der Waals surface area contributed by atoms with Gasteiger partial charge in [-0.1, -0.05) is 12.1 Å². The van der Waals surface area contributed by atoms with Crippen molar-refractivity contribution < 1.29 is 36.2 Å². The number of hydrogen-bond acceptors (Lipinski definition) is 6. The van der Waals surface area contributed by atoms with Gasteiger partial charge in [0.1, 0.15) is 18.1 Å². The minimum Gasteiger partial charge on any atom is -0.490 e. The van der Waals surface area contributed by atoms with E-state index in [0.717, 1.165) is 21.8 Å². The number of anilines is 1. The summed E-state index contributed by atoms with van der Waals surface area (Å²) in [5.41, 5.74) is 0.611. The molecule has 1 aliphatic heterocycles. The fourth-order valence-electron chi connectivity index (χ4n) is 4.44. The van der Waals surface area contributed by atoms with Crippen molar-refractivity contribution in [2.75, 3.05) is 25.1 Å². The monoisotopic (exact) mass is 545 g/mol. The molecular formula is C26H22F3N3O5S. The predicted molar refractivity (Wildman–Crippen MR) is 133 cm³/mol. The van der Waals surface area contributed by atoms with Crippen molar-refractivity contribution in [2.45, 2.75) is 23.9 Å². The Balaban J connectivity index is 1.60. The molecule has 0 atom stereocenters. The average Bonchev–Trinajstić information content (AvgIpc) is 3.26. The van der Waals surface area contributed by atoms with Crippen molar-refractivity contribution in [3.8, 4) is 5.75 Å². The Morgan fingerprint density at radius 2 is 1.82 bits per heavy atom. The number of alkyl halides is 3. The minimum atomic E-state index is -4.69. The number of halogens is 3. The van der Waals surface area contributed by atoms with Crippen LogP contribution in [0.4, 0.5) is 18.9 Å². The number of aryl methyl sites for hydroxylation is 2. The fourth-order valence-corrected chi connectivity index (χ4v) is 6.01. The normalized spacial score (nSPS) is 13.8. The molecule has 38 heavy (non-hydrogen) atoms. The first-order valence-electron chi connectivity index (χ1n) is 11.6. The largest absolute Gasteiger partial charge is 0.490 e. The molecule has 198 valence electrons. The first kappa shape index (κ1) is 25.6. The van der Waals surface area contributed by atoms with Crippen LogP contribution in [0.3, 0.4) is 0 Å². The number of pyridine rings is 1. The van der Waals surface area contributed by atoms with Gasteiger partial charge in [0, 0.05) is 18.1 Å². The molecule has 12 heteroatoms. The molecule has 0 saturated carbocycles. The second kappa shape index (κ2) is 9.35. The zero-order valence-corrected chi connectivity index (χ0v) is 20.9. The summed E-state index contributed by atoms with van der Waals surface area (Å²) in [7, 11) is -2.43. The van der Waals surface area contributed by atoms with E-state index in [4.69, 9.17) is 9.84 Å². The number of rotatable bonds is 6. The molecule has 2 aromatic heterocycles. The number of aromatic nitrogens is 2. The lowest BCUT2D eigenvalue weighted by Crippen LogP contribution is -2.29. The highest BCUT2D eigenvalue weighted by Crippen LogP contribution is 2.36. The van der Waals surface area contributed by atoms with Gasteiger partial charge < -0.3 is 14.7 Å². The number of hydrogen-bond donors (Lipinski definition) is 1. The van der Waals surface area contributed by atoms with Crippen molar-refractivity contribution in [2.24, 2.45) is 0 Å². The first-order valence-corrected chi connectivity index (χ1v) is 13.0. The summed E-state index contributed by atoms with van der Waals surface area (Å²) in [5.74, 6) is -0.534. The molecule has 1 N–H and O–H groups in total. The van der Waals surface area contributed by atoms with Gasteiger partial charge in [0.15, 0.2) is 0 Å². The topological polar surface area (TPSA) is 102 Å². The van der Waals surface area contributed by atoms with Gasteiger partial charge in [-0.05, 0) is 60.9 Å². The first-order chi connectivity index (χ1) is 17.9. The highest BCUT2D eigenvalue weighted by Gasteiger charge is 2.34. The molecule has 5 rings (SSSR count). The summed E-state index contributed by atoms with van der Waals surface area (Å²) in [6.07, 6.45) is -3.28. The summed E-state index contributed by atoms with van der Waals surface area (Å²) in [4.78, 5) is 16.4. The molecule has 0 unspecified atom stereocenters.